The molecule has 0 amide bonds. The number of anilines is 1. The average molecular weight is 380 g/mol. The zero-order valence-electron chi connectivity index (χ0n) is 16.5. The molecule has 148 valence electrons. The molecule has 0 bridgehead atoms. The molecule has 0 spiro atoms. The summed E-state index contributed by atoms with van der Waals surface area (Å²) < 4.78 is 6.01. The molecule has 6 heteroatoms. The van der Waals surface area contributed by atoms with Crippen LogP contribution in [0.5, 0.6) is 5.75 Å². The van der Waals surface area contributed by atoms with E-state index in [2.05, 4.69) is 45.6 Å². The molecule has 28 heavy (non-hydrogen) atoms. The number of pyridine rings is 1. The molecule has 6 nitrogen and oxygen atoms in total. The van der Waals surface area contributed by atoms with Gasteiger partial charge in [0.05, 0.1) is 13.1 Å². The molecule has 1 saturated heterocycles. The topological polar surface area (TPSA) is 61.8 Å². The van der Waals surface area contributed by atoms with E-state index in [9.17, 15) is 0 Å². The van der Waals surface area contributed by atoms with Crippen LogP contribution >= 0.6 is 0 Å². The van der Waals surface area contributed by atoms with E-state index in [1.165, 1.54) is 24.0 Å². The summed E-state index contributed by atoms with van der Waals surface area (Å²) in [5.41, 5.74) is 2.46. The number of benzene rings is 1. The van der Waals surface area contributed by atoms with E-state index in [1.807, 2.05) is 24.4 Å². The molecule has 2 aliphatic rings. The van der Waals surface area contributed by atoms with Gasteiger partial charge in [-0.3, -0.25) is 0 Å². The molecule has 2 aromatic rings. The fraction of sp³-hybridized carbons (Fsp3) is 0.455. The first-order valence-electron chi connectivity index (χ1n) is 10.3. The Hall–Kier alpha value is -2.76. The van der Waals surface area contributed by atoms with Gasteiger partial charge < -0.3 is 20.3 Å². The van der Waals surface area contributed by atoms with Crippen LogP contribution in [0.1, 0.15) is 30.9 Å². The van der Waals surface area contributed by atoms with Gasteiger partial charge in [-0.2, -0.15) is 0 Å². The molecule has 1 aromatic carbocycles. The minimum Gasteiger partial charge on any atom is -0.488 e. The number of para-hydroxylation sites is 1. The Labute approximate surface area is 167 Å². The first kappa shape index (κ1) is 18.6. The lowest BCUT2D eigenvalue weighted by molar-refractivity contribution is 0.235. The molecule has 1 unspecified atom stereocenters. The second-order valence-corrected chi connectivity index (χ2v) is 7.34. The Morgan fingerprint density at radius 1 is 1.21 bits per heavy atom. The quantitative estimate of drug-likeness (QED) is 0.597. The van der Waals surface area contributed by atoms with Crippen molar-refractivity contribution < 1.29 is 4.74 Å². The lowest BCUT2D eigenvalue weighted by Crippen LogP contribution is -2.42. The Morgan fingerprint density at radius 3 is 2.89 bits per heavy atom. The summed E-state index contributed by atoms with van der Waals surface area (Å²) in [6.07, 6.45) is 5.48. The van der Waals surface area contributed by atoms with Crippen molar-refractivity contribution in [2.24, 2.45) is 4.99 Å². The Bertz CT molecular complexity index is 791. The molecular formula is C22H29N5O. The van der Waals surface area contributed by atoms with Crippen molar-refractivity contribution in [3.8, 4) is 5.75 Å². The highest BCUT2D eigenvalue weighted by Crippen LogP contribution is 2.27. The highest BCUT2D eigenvalue weighted by Gasteiger charge is 2.22. The van der Waals surface area contributed by atoms with Gasteiger partial charge in [-0.25, -0.2) is 9.98 Å². The van der Waals surface area contributed by atoms with Gasteiger partial charge in [-0.15, -0.1) is 0 Å². The lowest BCUT2D eigenvalue weighted by atomic mass is 10.1. The van der Waals surface area contributed by atoms with Crippen molar-refractivity contribution in [3.63, 3.8) is 0 Å². The van der Waals surface area contributed by atoms with Crippen LogP contribution in [0.3, 0.4) is 0 Å². The summed E-state index contributed by atoms with van der Waals surface area (Å²) in [4.78, 5) is 11.6. The number of hydrogen-bond acceptors (Lipinski definition) is 4. The minimum absolute atomic E-state index is 0.143. The fourth-order valence-corrected chi connectivity index (χ4v) is 3.77. The summed E-state index contributed by atoms with van der Waals surface area (Å²) in [7, 11) is 0. The van der Waals surface area contributed by atoms with Crippen LogP contribution in [-0.2, 0) is 13.0 Å². The van der Waals surface area contributed by atoms with Gasteiger partial charge >= 0.3 is 0 Å². The number of guanidine groups is 1. The van der Waals surface area contributed by atoms with Gasteiger partial charge in [-0.05, 0) is 49.1 Å². The van der Waals surface area contributed by atoms with Gasteiger partial charge in [0.2, 0.25) is 0 Å². The summed E-state index contributed by atoms with van der Waals surface area (Å²) in [5.74, 6) is 2.89. The van der Waals surface area contributed by atoms with Crippen LogP contribution in [0.25, 0.3) is 0 Å². The number of ether oxygens (including phenoxy) is 1. The summed E-state index contributed by atoms with van der Waals surface area (Å²) in [5, 5.41) is 6.75. The number of nitrogens with zero attached hydrogens (tertiary/aromatic N) is 3. The number of aliphatic imine (C=N–C) groups is 1. The van der Waals surface area contributed by atoms with Crippen molar-refractivity contribution in [3.05, 3.63) is 53.7 Å². The monoisotopic (exact) mass is 379 g/mol. The molecule has 3 heterocycles. The Morgan fingerprint density at radius 2 is 2.07 bits per heavy atom. The van der Waals surface area contributed by atoms with E-state index in [1.54, 1.807) is 0 Å². The zero-order valence-corrected chi connectivity index (χ0v) is 16.5. The number of aromatic nitrogens is 1. The number of fused-ring (bicyclic) bond motifs is 1. The summed E-state index contributed by atoms with van der Waals surface area (Å²) >= 11 is 0. The largest absolute Gasteiger partial charge is 0.488 e. The van der Waals surface area contributed by atoms with Crippen molar-refractivity contribution >= 4 is 11.8 Å². The number of rotatable bonds is 6. The van der Waals surface area contributed by atoms with Crippen LogP contribution < -0.4 is 20.3 Å². The highest BCUT2D eigenvalue weighted by molar-refractivity contribution is 5.79. The molecule has 4 rings (SSSR count). The SMILES string of the molecule is CCNC(=NCc1ccnc(N2CCCC2)c1)NCC1Cc2ccccc2O1. The van der Waals surface area contributed by atoms with Crippen molar-refractivity contribution in [1.82, 2.24) is 15.6 Å². The minimum atomic E-state index is 0.143. The molecule has 2 N–H and O–H groups in total. The zero-order chi connectivity index (χ0) is 19.2. The molecule has 0 aliphatic carbocycles. The van der Waals surface area contributed by atoms with Crippen molar-refractivity contribution in [2.45, 2.75) is 38.8 Å². The van der Waals surface area contributed by atoms with Crippen LogP contribution in [0, 0.1) is 0 Å². The van der Waals surface area contributed by atoms with Gasteiger partial charge in [0.15, 0.2) is 5.96 Å². The van der Waals surface area contributed by atoms with Crippen LogP contribution in [0.2, 0.25) is 0 Å². The van der Waals surface area contributed by atoms with Crippen LogP contribution in [-0.4, -0.2) is 43.2 Å². The van der Waals surface area contributed by atoms with Crippen molar-refractivity contribution in [1.29, 1.82) is 0 Å². The first-order chi connectivity index (χ1) is 13.8. The normalized spacial score (nSPS) is 18.7. The molecule has 0 radical (unpaired) electrons. The second kappa shape index (κ2) is 8.95. The number of nitrogens with one attached hydrogen (secondary N) is 2. The lowest BCUT2D eigenvalue weighted by Gasteiger charge is -2.17. The molecule has 1 fully saturated rings. The fourth-order valence-electron chi connectivity index (χ4n) is 3.77. The summed E-state index contributed by atoms with van der Waals surface area (Å²) in [6.45, 7) is 6.48. The maximum Gasteiger partial charge on any atom is 0.191 e. The second-order valence-electron chi connectivity index (χ2n) is 7.34. The van der Waals surface area contributed by atoms with Crippen molar-refractivity contribution in [2.75, 3.05) is 31.1 Å². The van der Waals surface area contributed by atoms with Gasteiger partial charge in [-0.1, -0.05) is 18.2 Å². The van der Waals surface area contributed by atoms with Gasteiger partial charge in [0.25, 0.3) is 0 Å². The maximum absolute atomic E-state index is 6.01. The summed E-state index contributed by atoms with van der Waals surface area (Å²) in [6, 6.07) is 12.5. The highest BCUT2D eigenvalue weighted by atomic mass is 16.5. The molecular weight excluding hydrogens is 350 g/mol. The van der Waals surface area contributed by atoms with Crippen LogP contribution in [0.4, 0.5) is 5.82 Å². The van der Waals surface area contributed by atoms with Gasteiger partial charge in [0.1, 0.15) is 17.7 Å². The predicted molar refractivity (Wildman–Crippen MR) is 113 cm³/mol. The average Bonchev–Trinajstić information content (AvgIpc) is 3.40. The standard InChI is InChI=1S/C22H29N5O/c1-2-23-22(26-16-19-14-18-7-3-4-8-20(18)28-19)25-15-17-9-10-24-21(13-17)27-11-5-6-12-27/h3-4,7-10,13,19H,2,5-6,11-12,14-16H2,1H3,(H2,23,25,26). The van der Waals surface area contributed by atoms with E-state index in [0.717, 1.165) is 50.1 Å². The first-order valence-corrected chi connectivity index (χ1v) is 10.3. The Kier molecular flexibility index (Phi) is 5.95. The third-order valence-corrected chi connectivity index (χ3v) is 5.21. The van der Waals surface area contributed by atoms with E-state index >= 15 is 0 Å². The molecule has 0 saturated carbocycles. The predicted octanol–water partition coefficient (Wildman–Crippen LogP) is 2.74. The van der Waals surface area contributed by atoms with E-state index in [4.69, 9.17) is 9.73 Å². The Balaban J connectivity index is 1.34. The van der Waals surface area contributed by atoms with Crippen LogP contribution in [0.15, 0.2) is 47.6 Å². The van der Waals surface area contributed by atoms with E-state index in [0.29, 0.717) is 6.54 Å². The molecule has 2 aliphatic heterocycles. The third kappa shape index (κ3) is 4.55. The van der Waals surface area contributed by atoms with Gasteiger partial charge in [0, 0.05) is 32.3 Å². The molecule has 1 atom stereocenters. The van der Waals surface area contributed by atoms with E-state index < -0.39 is 0 Å². The smallest absolute Gasteiger partial charge is 0.191 e. The maximum atomic E-state index is 6.01. The third-order valence-electron chi connectivity index (χ3n) is 5.21. The van der Waals surface area contributed by atoms with E-state index in [-0.39, 0.29) is 6.10 Å². The number of hydrogen-bond donors (Lipinski definition) is 2. The molecule has 1 aromatic heterocycles.